The number of hydrogen-bond acceptors (Lipinski definition) is 3. The molecule has 0 amide bonds. The molecule has 0 aromatic heterocycles. The molecule has 3 N–H and O–H groups in total. The molecule has 0 aromatic rings. The molecule has 1 saturated heterocycles. The minimum absolute atomic E-state index is 0.252. The lowest BCUT2D eigenvalue weighted by molar-refractivity contribution is -0.132. The van der Waals surface area contributed by atoms with E-state index in [1.807, 2.05) is 0 Å². The second-order valence-corrected chi connectivity index (χ2v) is 3.85. The molecule has 0 aliphatic carbocycles. The molecular weight excluding hydrogens is 180 g/mol. The third kappa shape index (κ3) is 3.47. The first-order valence-corrected chi connectivity index (χ1v) is 4.97. The first-order valence-electron chi connectivity index (χ1n) is 4.97. The Kier molecular flexibility index (Phi) is 4.10. The lowest BCUT2D eigenvalue weighted by Crippen LogP contribution is -2.42. The smallest absolute Gasteiger partial charge is 0.330 e. The predicted octanol–water partition coefficient (Wildman–Crippen LogP) is 0.440. The number of carboxylic acid groups (broad SMARTS) is 1. The molecule has 0 aromatic carbocycles. The van der Waals surface area contributed by atoms with Crippen LogP contribution in [-0.2, 0) is 4.79 Å². The van der Waals surface area contributed by atoms with E-state index in [1.165, 1.54) is 0 Å². The van der Waals surface area contributed by atoms with Gasteiger partial charge in [-0.05, 0) is 26.3 Å². The average molecular weight is 198 g/mol. The monoisotopic (exact) mass is 198 g/mol. The van der Waals surface area contributed by atoms with Gasteiger partial charge < -0.3 is 10.8 Å². The van der Waals surface area contributed by atoms with Crippen LogP contribution in [-0.4, -0.2) is 41.7 Å². The number of rotatable bonds is 3. The summed E-state index contributed by atoms with van der Waals surface area (Å²) < 4.78 is 0. The van der Waals surface area contributed by atoms with Crippen molar-refractivity contribution in [3.63, 3.8) is 0 Å². The fourth-order valence-electron chi connectivity index (χ4n) is 1.61. The number of nitrogens with zero attached hydrogens (tertiary/aromatic N) is 1. The van der Waals surface area contributed by atoms with Crippen LogP contribution >= 0.6 is 0 Å². The number of carbonyl (C=O) groups is 1. The molecule has 0 radical (unpaired) electrons. The lowest BCUT2D eigenvalue weighted by Gasteiger charge is -2.29. The molecule has 14 heavy (non-hydrogen) atoms. The number of aliphatic carboxylic acids is 1. The van der Waals surface area contributed by atoms with Gasteiger partial charge in [-0.25, -0.2) is 4.79 Å². The first kappa shape index (κ1) is 11.2. The highest BCUT2D eigenvalue weighted by atomic mass is 16.4. The van der Waals surface area contributed by atoms with Crippen LogP contribution in [0.15, 0.2) is 11.6 Å². The minimum atomic E-state index is -0.841. The summed E-state index contributed by atoms with van der Waals surface area (Å²) in [4.78, 5) is 12.7. The molecule has 1 fully saturated rings. The summed E-state index contributed by atoms with van der Waals surface area (Å²) in [5, 5.41) is 8.65. The van der Waals surface area contributed by atoms with Gasteiger partial charge in [-0.1, -0.05) is 6.08 Å². The zero-order chi connectivity index (χ0) is 10.6. The van der Waals surface area contributed by atoms with Crippen LogP contribution in [0.2, 0.25) is 0 Å². The van der Waals surface area contributed by atoms with Crippen LogP contribution in [0.25, 0.3) is 0 Å². The highest BCUT2D eigenvalue weighted by Crippen LogP contribution is 2.08. The third-order valence-corrected chi connectivity index (χ3v) is 2.53. The Labute approximate surface area is 84.4 Å². The SMILES string of the molecule is CC(=CCN1CCCC(N)C1)C(=O)O. The molecule has 1 heterocycles. The molecule has 1 unspecified atom stereocenters. The molecule has 0 spiro atoms. The Morgan fingerprint density at radius 1 is 1.71 bits per heavy atom. The molecule has 4 nitrogen and oxygen atoms in total. The number of nitrogens with two attached hydrogens (primary N) is 1. The Bertz CT molecular complexity index is 238. The van der Waals surface area contributed by atoms with E-state index in [9.17, 15) is 4.79 Å². The fraction of sp³-hybridized carbons (Fsp3) is 0.700. The van der Waals surface area contributed by atoms with Gasteiger partial charge in [-0.2, -0.15) is 0 Å². The van der Waals surface area contributed by atoms with Crippen LogP contribution in [0.1, 0.15) is 19.8 Å². The molecule has 1 aliphatic heterocycles. The summed E-state index contributed by atoms with van der Waals surface area (Å²) in [6.07, 6.45) is 3.94. The number of hydrogen-bond donors (Lipinski definition) is 2. The van der Waals surface area contributed by atoms with Crippen LogP contribution in [0.4, 0.5) is 0 Å². The van der Waals surface area contributed by atoms with Gasteiger partial charge in [0.25, 0.3) is 0 Å². The zero-order valence-corrected chi connectivity index (χ0v) is 8.57. The summed E-state index contributed by atoms with van der Waals surface area (Å²) in [5.74, 6) is -0.841. The number of likely N-dealkylation sites (tertiary alicyclic amines) is 1. The Morgan fingerprint density at radius 2 is 2.43 bits per heavy atom. The third-order valence-electron chi connectivity index (χ3n) is 2.53. The van der Waals surface area contributed by atoms with Gasteiger partial charge in [-0.3, -0.25) is 4.90 Å². The summed E-state index contributed by atoms with van der Waals surface area (Å²) in [6, 6.07) is 0.252. The molecule has 0 saturated carbocycles. The van der Waals surface area contributed by atoms with E-state index in [2.05, 4.69) is 4.90 Å². The normalized spacial score (nSPS) is 25.0. The second kappa shape index (κ2) is 5.12. The molecular formula is C10H18N2O2. The van der Waals surface area contributed by atoms with Crippen LogP contribution in [0.5, 0.6) is 0 Å². The second-order valence-electron chi connectivity index (χ2n) is 3.85. The summed E-state index contributed by atoms with van der Waals surface area (Å²) in [6.45, 7) is 4.22. The highest BCUT2D eigenvalue weighted by Gasteiger charge is 2.15. The summed E-state index contributed by atoms with van der Waals surface area (Å²) >= 11 is 0. The van der Waals surface area contributed by atoms with Crippen molar-refractivity contribution in [2.75, 3.05) is 19.6 Å². The lowest BCUT2D eigenvalue weighted by atomic mass is 10.1. The van der Waals surface area contributed by atoms with Crippen LogP contribution < -0.4 is 5.73 Å². The number of piperidine rings is 1. The van der Waals surface area contributed by atoms with E-state index in [4.69, 9.17) is 10.8 Å². The number of carboxylic acids is 1. The summed E-state index contributed by atoms with van der Waals surface area (Å²) in [7, 11) is 0. The summed E-state index contributed by atoms with van der Waals surface area (Å²) in [5.41, 5.74) is 6.22. The maximum atomic E-state index is 10.5. The maximum absolute atomic E-state index is 10.5. The largest absolute Gasteiger partial charge is 0.478 e. The van der Waals surface area contributed by atoms with Crippen LogP contribution in [0.3, 0.4) is 0 Å². The van der Waals surface area contributed by atoms with E-state index < -0.39 is 5.97 Å². The van der Waals surface area contributed by atoms with Crippen molar-refractivity contribution < 1.29 is 9.90 Å². The van der Waals surface area contributed by atoms with E-state index in [-0.39, 0.29) is 6.04 Å². The molecule has 80 valence electrons. The van der Waals surface area contributed by atoms with E-state index in [0.29, 0.717) is 12.1 Å². The van der Waals surface area contributed by atoms with Crippen molar-refractivity contribution in [1.82, 2.24) is 4.90 Å². The van der Waals surface area contributed by atoms with Gasteiger partial charge in [0.15, 0.2) is 0 Å². The van der Waals surface area contributed by atoms with Gasteiger partial charge in [0.1, 0.15) is 0 Å². The van der Waals surface area contributed by atoms with Crippen LogP contribution in [0, 0.1) is 0 Å². The van der Waals surface area contributed by atoms with E-state index >= 15 is 0 Å². The topological polar surface area (TPSA) is 66.6 Å². The van der Waals surface area contributed by atoms with Crippen molar-refractivity contribution in [2.24, 2.45) is 5.73 Å². The van der Waals surface area contributed by atoms with Crippen molar-refractivity contribution in [2.45, 2.75) is 25.8 Å². The van der Waals surface area contributed by atoms with Crippen molar-refractivity contribution in [3.05, 3.63) is 11.6 Å². The molecule has 4 heteroatoms. The molecule has 1 aliphatic rings. The van der Waals surface area contributed by atoms with E-state index in [1.54, 1.807) is 13.0 Å². The van der Waals surface area contributed by atoms with Crippen molar-refractivity contribution >= 4 is 5.97 Å². The van der Waals surface area contributed by atoms with E-state index in [0.717, 1.165) is 25.9 Å². The fourth-order valence-corrected chi connectivity index (χ4v) is 1.61. The first-order chi connectivity index (χ1) is 6.59. The minimum Gasteiger partial charge on any atom is -0.478 e. The quantitative estimate of drug-likeness (QED) is 0.646. The van der Waals surface area contributed by atoms with Gasteiger partial charge in [-0.15, -0.1) is 0 Å². The Hall–Kier alpha value is -0.870. The molecule has 1 atom stereocenters. The Balaban J connectivity index is 2.37. The van der Waals surface area contributed by atoms with Gasteiger partial charge in [0, 0.05) is 24.7 Å². The predicted molar refractivity (Wildman–Crippen MR) is 55.0 cm³/mol. The van der Waals surface area contributed by atoms with Gasteiger partial charge >= 0.3 is 5.97 Å². The highest BCUT2D eigenvalue weighted by molar-refractivity contribution is 5.85. The van der Waals surface area contributed by atoms with Crippen molar-refractivity contribution in [1.29, 1.82) is 0 Å². The average Bonchev–Trinajstić information content (AvgIpc) is 2.14. The Morgan fingerprint density at radius 3 is 3.00 bits per heavy atom. The molecule has 1 rings (SSSR count). The maximum Gasteiger partial charge on any atom is 0.330 e. The van der Waals surface area contributed by atoms with Gasteiger partial charge in [0.05, 0.1) is 0 Å². The zero-order valence-electron chi connectivity index (χ0n) is 8.57. The standard InChI is InChI=1S/C10H18N2O2/c1-8(10(13)14)4-6-12-5-2-3-9(11)7-12/h4,9H,2-3,5-7,11H2,1H3,(H,13,14). The van der Waals surface area contributed by atoms with Crippen molar-refractivity contribution in [3.8, 4) is 0 Å². The van der Waals surface area contributed by atoms with Gasteiger partial charge in [0.2, 0.25) is 0 Å². The molecule has 0 bridgehead atoms.